The molecule has 0 radical (unpaired) electrons. The number of hydrogen-bond donors (Lipinski definition) is 1. The molecule has 0 atom stereocenters. The Bertz CT molecular complexity index is 431. The molecular formula is C13H17FN2O2. The van der Waals surface area contributed by atoms with E-state index in [0.29, 0.717) is 5.69 Å². The molecule has 0 heterocycles. The maximum atomic E-state index is 13.2. The van der Waals surface area contributed by atoms with Crippen LogP contribution in [0.15, 0.2) is 18.2 Å². The first-order valence-electron chi connectivity index (χ1n) is 6.34. The van der Waals surface area contributed by atoms with Crippen LogP contribution in [0.4, 0.5) is 15.8 Å². The lowest BCUT2D eigenvalue weighted by molar-refractivity contribution is -0.385. The quantitative estimate of drug-likeness (QED) is 0.641. The van der Waals surface area contributed by atoms with Crippen LogP contribution in [-0.4, -0.2) is 11.5 Å². The van der Waals surface area contributed by atoms with Crippen molar-refractivity contribution < 1.29 is 9.31 Å². The summed E-state index contributed by atoms with van der Waals surface area (Å²) in [7, 11) is 0. The van der Waals surface area contributed by atoms with Crippen LogP contribution in [0.5, 0.6) is 0 Å². The number of hydrogen-bond acceptors (Lipinski definition) is 3. The topological polar surface area (TPSA) is 55.2 Å². The standard InChI is InChI=1S/C13H17FN2O2/c14-11-7-12(9-13(8-11)16(17)18)15-6-5-10-3-1-2-4-10/h7-10,15H,1-6H2. The molecule has 18 heavy (non-hydrogen) atoms. The first kappa shape index (κ1) is 12.8. The molecule has 5 heteroatoms. The van der Waals surface area contributed by atoms with E-state index >= 15 is 0 Å². The molecule has 1 aromatic rings. The van der Waals surface area contributed by atoms with E-state index in [0.717, 1.165) is 24.9 Å². The van der Waals surface area contributed by atoms with Gasteiger partial charge in [-0.1, -0.05) is 25.7 Å². The Morgan fingerprint density at radius 2 is 2.06 bits per heavy atom. The van der Waals surface area contributed by atoms with Crippen LogP contribution in [0.25, 0.3) is 0 Å². The van der Waals surface area contributed by atoms with Gasteiger partial charge in [-0.15, -0.1) is 0 Å². The van der Waals surface area contributed by atoms with E-state index < -0.39 is 10.7 Å². The highest BCUT2D eigenvalue weighted by Crippen LogP contribution is 2.27. The van der Waals surface area contributed by atoms with Crippen molar-refractivity contribution in [2.75, 3.05) is 11.9 Å². The van der Waals surface area contributed by atoms with Gasteiger partial charge in [-0.2, -0.15) is 0 Å². The maximum absolute atomic E-state index is 13.2. The minimum atomic E-state index is -0.578. The van der Waals surface area contributed by atoms with Crippen LogP contribution in [0, 0.1) is 21.8 Å². The zero-order valence-corrected chi connectivity index (χ0v) is 10.2. The number of benzene rings is 1. The van der Waals surface area contributed by atoms with E-state index in [-0.39, 0.29) is 5.69 Å². The largest absolute Gasteiger partial charge is 0.385 e. The second-order valence-corrected chi connectivity index (χ2v) is 4.82. The lowest BCUT2D eigenvalue weighted by Crippen LogP contribution is -2.07. The summed E-state index contributed by atoms with van der Waals surface area (Å²) in [5.74, 6) is 0.175. The van der Waals surface area contributed by atoms with E-state index in [4.69, 9.17) is 0 Å². The highest BCUT2D eigenvalue weighted by Gasteiger charge is 2.14. The van der Waals surface area contributed by atoms with Crippen molar-refractivity contribution in [2.24, 2.45) is 5.92 Å². The summed E-state index contributed by atoms with van der Waals surface area (Å²) in [6, 6.07) is 3.60. The van der Waals surface area contributed by atoms with Gasteiger partial charge in [0.25, 0.3) is 5.69 Å². The molecule has 1 aliphatic rings. The van der Waals surface area contributed by atoms with Crippen molar-refractivity contribution in [2.45, 2.75) is 32.1 Å². The monoisotopic (exact) mass is 252 g/mol. The number of anilines is 1. The number of non-ortho nitro benzene ring substituents is 1. The number of nitrogens with one attached hydrogen (secondary N) is 1. The molecule has 0 aromatic heterocycles. The molecule has 1 N–H and O–H groups in total. The number of nitro groups is 1. The predicted octanol–water partition coefficient (Wildman–Crippen LogP) is 3.73. The van der Waals surface area contributed by atoms with Crippen LogP contribution >= 0.6 is 0 Å². The SMILES string of the molecule is O=[N+]([O-])c1cc(F)cc(NCCC2CCCC2)c1. The molecule has 2 rings (SSSR count). The van der Waals surface area contributed by atoms with E-state index in [1.54, 1.807) is 0 Å². The zero-order valence-electron chi connectivity index (χ0n) is 10.2. The molecular weight excluding hydrogens is 235 g/mol. The van der Waals surface area contributed by atoms with Crippen LogP contribution in [0.3, 0.4) is 0 Å². The molecule has 0 aliphatic heterocycles. The van der Waals surface area contributed by atoms with Crippen molar-refractivity contribution in [3.05, 3.63) is 34.1 Å². The average Bonchev–Trinajstić information content (AvgIpc) is 2.81. The summed E-state index contributed by atoms with van der Waals surface area (Å²) in [6.07, 6.45) is 6.19. The average molecular weight is 252 g/mol. The van der Waals surface area contributed by atoms with Gasteiger partial charge >= 0.3 is 0 Å². The van der Waals surface area contributed by atoms with E-state index in [9.17, 15) is 14.5 Å². The van der Waals surface area contributed by atoms with Crippen molar-refractivity contribution in [3.63, 3.8) is 0 Å². The highest BCUT2D eigenvalue weighted by atomic mass is 19.1. The van der Waals surface area contributed by atoms with E-state index in [2.05, 4.69) is 5.32 Å². The number of nitrogens with zero attached hydrogens (tertiary/aromatic N) is 1. The Kier molecular flexibility index (Phi) is 4.12. The zero-order chi connectivity index (χ0) is 13.0. The fourth-order valence-corrected chi connectivity index (χ4v) is 2.50. The third-order valence-electron chi connectivity index (χ3n) is 3.45. The summed E-state index contributed by atoms with van der Waals surface area (Å²) in [5, 5.41) is 13.7. The predicted molar refractivity (Wildman–Crippen MR) is 68.1 cm³/mol. The van der Waals surface area contributed by atoms with E-state index in [1.165, 1.54) is 37.8 Å². The molecule has 1 aromatic carbocycles. The molecule has 4 nitrogen and oxygen atoms in total. The fourth-order valence-electron chi connectivity index (χ4n) is 2.50. The van der Waals surface area contributed by atoms with Crippen LogP contribution in [0.2, 0.25) is 0 Å². The Morgan fingerprint density at radius 3 is 2.72 bits per heavy atom. The molecule has 0 bridgehead atoms. The second kappa shape index (κ2) is 5.80. The summed E-state index contributed by atoms with van der Waals surface area (Å²) in [5.41, 5.74) is 0.276. The van der Waals surface area contributed by atoms with Crippen molar-refractivity contribution >= 4 is 11.4 Å². The van der Waals surface area contributed by atoms with Gasteiger partial charge in [-0.05, 0) is 18.4 Å². The van der Waals surface area contributed by atoms with Gasteiger partial charge in [0.2, 0.25) is 0 Å². The normalized spacial score (nSPS) is 15.8. The Morgan fingerprint density at radius 1 is 1.33 bits per heavy atom. The lowest BCUT2D eigenvalue weighted by Gasteiger charge is -2.10. The summed E-state index contributed by atoms with van der Waals surface area (Å²) in [4.78, 5) is 10.0. The summed E-state index contributed by atoms with van der Waals surface area (Å²) >= 11 is 0. The molecule has 0 saturated heterocycles. The van der Waals surface area contributed by atoms with E-state index in [1.807, 2.05) is 0 Å². The molecule has 1 aliphatic carbocycles. The van der Waals surface area contributed by atoms with Crippen LogP contribution in [0.1, 0.15) is 32.1 Å². The Hall–Kier alpha value is -1.65. The Labute approximate surface area is 105 Å². The van der Waals surface area contributed by atoms with Gasteiger partial charge in [0, 0.05) is 18.3 Å². The van der Waals surface area contributed by atoms with Gasteiger partial charge < -0.3 is 5.32 Å². The summed E-state index contributed by atoms with van der Waals surface area (Å²) < 4.78 is 13.2. The fraction of sp³-hybridized carbons (Fsp3) is 0.538. The van der Waals surface area contributed by atoms with Crippen molar-refractivity contribution in [1.82, 2.24) is 0 Å². The smallest absolute Gasteiger partial charge is 0.274 e. The number of halogens is 1. The number of nitro benzene ring substituents is 1. The first-order chi connectivity index (χ1) is 8.65. The van der Waals surface area contributed by atoms with Gasteiger partial charge in [-0.3, -0.25) is 10.1 Å². The Balaban J connectivity index is 1.89. The van der Waals surface area contributed by atoms with Crippen LogP contribution in [-0.2, 0) is 0 Å². The minimum Gasteiger partial charge on any atom is -0.385 e. The van der Waals surface area contributed by atoms with Gasteiger partial charge in [-0.25, -0.2) is 4.39 Å². The lowest BCUT2D eigenvalue weighted by atomic mass is 10.0. The van der Waals surface area contributed by atoms with Crippen LogP contribution < -0.4 is 5.32 Å². The minimum absolute atomic E-state index is 0.210. The molecule has 0 unspecified atom stereocenters. The highest BCUT2D eigenvalue weighted by molar-refractivity contribution is 5.51. The summed E-state index contributed by atoms with van der Waals surface area (Å²) in [6.45, 7) is 0.741. The van der Waals surface area contributed by atoms with Gasteiger partial charge in [0.15, 0.2) is 0 Å². The van der Waals surface area contributed by atoms with Crippen molar-refractivity contribution in [3.8, 4) is 0 Å². The van der Waals surface area contributed by atoms with Gasteiger partial charge in [0.1, 0.15) is 5.82 Å². The first-order valence-corrected chi connectivity index (χ1v) is 6.34. The third-order valence-corrected chi connectivity index (χ3v) is 3.45. The second-order valence-electron chi connectivity index (χ2n) is 4.82. The maximum Gasteiger partial charge on any atom is 0.274 e. The molecule has 1 saturated carbocycles. The molecule has 98 valence electrons. The molecule has 0 spiro atoms. The van der Waals surface area contributed by atoms with Crippen molar-refractivity contribution in [1.29, 1.82) is 0 Å². The molecule has 1 fully saturated rings. The third kappa shape index (κ3) is 3.42. The van der Waals surface area contributed by atoms with Gasteiger partial charge in [0.05, 0.1) is 11.0 Å². The molecule has 0 amide bonds. The number of rotatable bonds is 5.